The summed E-state index contributed by atoms with van der Waals surface area (Å²) in [6, 6.07) is 10.5. The molecule has 1 N–H and O–H groups in total. The van der Waals surface area contributed by atoms with Crippen molar-refractivity contribution in [2.24, 2.45) is 0 Å². The van der Waals surface area contributed by atoms with Crippen LogP contribution in [0.15, 0.2) is 42.5 Å². The highest BCUT2D eigenvalue weighted by molar-refractivity contribution is 6.22. The van der Waals surface area contributed by atoms with Crippen LogP contribution in [0.25, 0.3) is 5.70 Å². The maximum atomic E-state index is 12.7. The van der Waals surface area contributed by atoms with Gasteiger partial charge < -0.3 is 14.8 Å². The van der Waals surface area contributed by atoms with Crippen molar-refractivity contribution in [2.75, 3.05) is 26.3 Å². The van der Waals surface area contributed by atoms with E-state index in [1.807, 2.05) is 12.1 Å². The predicted molar refractivity (Wildman–Crippen MR) is 109 cm³/mol. The highest BCUT2D eigenvalue weighted by atomic mass is 16.5. The van der Waals surface area contributed by atoms with E-state index >= 15 is 0 Å². The van der Waals surface area contributed by atoms with Gasteiger partial charge in [0.05, 0.1) is 30.9 Å². The minimum absolute atomic E-state index is 0.294. The van der Waals surface area contributed by atoms with Gasteiger partial charge >= 0.3 is 0 Å². The van der Waals surface area contributed by atoms with Crippen LogP contribution in [-0.4, -0.2) is 48.8 Å². The Labute approximate surface area is 173 Å². The minimum atomic E-state index is -0.435. The number of amides is 2. The van der Waals surface area contributed by atoms with Crippen molar-refractivity contribution in [3.63, 3.8) is 0 Å². The maximum absolute atomic E-state index is 12.7. The van der Waals surface area contributed by atoms with Crippen molar-refractivity contribution in [1.82, 2.24) is 10.2 Å². The number of ketones is 1. The fourth-order valence-corrected chi connectivity index (χ4v) is 4.01. The molecular weight excluding hydrogens is 384 g/mol. The molecule has 152 valence electrons. The molecule has 0 atom stereocenters. The Bertz CT molecular complexity index is 1070. The number of fused-ring (bicyclic) bond motifs is 3. The van der Waals surface area contributed by atoms with Crippen molar-refractivity contribution in [2.45, 2.75) is 12.8 Å². The molecule has 0 unspecified atom stereocenters. The quantitative estimate of drug-likeness (QED) is 0.624. The summed E-state index contributed by atoms with van der Waals surface area (Å²) in [5, 5.41) is 3.25. The molecule has 3 aliphatic heterocycles. The Kier molecular flexibility index (Phi) is 4.50. The Morgan fingerprint density at radius 2 is 1.67 bits per heavy atom. The SMILES string of the molecule is O=C(/C=C1\NCCc2cc3c(cc21)OCCCO3)CN1C(=O)c2ccccc2C1=O. The van der Waals surface area contributed by atoms with Crippen molar-refractivity contribution >= 4 is 23.3 Å². The molecule has 0 spiro atoms. The zero-order valence-electron chi connectivity index (χ0n) is 16.3. The summed E-state index contributed by atoms with van der Waals surface area (Å²) in [6.45, 7) is 1.58. The first kappa shape index (κ1) is 18.4. The first-order valence-corrected chi connectivity index (χ1v) is 9.98. The van der Waals surface area contributed by atoms with Crippen LogP contribution in [0.2, 0.25) is 0 Å². The van der Waals surface area contributed by atoms with E-state index in [4.69, 9.17) is 9.47 Å². The zero-order chi connectivity index (χ0) is 20.7. The smallest absolute Gasteiger partial charge is 0.261 e. The molecular formula is C23H20N2O5. The average Bonchev–Trinajstić information content (AvgIpc) is 2.91. The third-order valence-corrected chi connectivity index (χ3v) is 5.47. The van der Waals surface area contributed by atoms with Crippen molar-refractivity contribution < 1.29 is 23.9 Å². The van der Waals surface area contributed by atoms with Crippen LogP contribution in [-0.2, 0) is 11.2 Å². The van der Waals surface area contributed by atoms with Gasteiger partial charge in [-0.1, -0.05) is 12.1 Å². The summed E-state index contributed by atoms with van der Waals surface area (Å²) in [4.78, 5) is 38.8. The molecule has 0 aromatic heterocycles. The molecule has 2 aromatic carbocycles. The van der Waals surface area contributed by atoms with E-state index in [1.54, 1.807) is 24.3 Å². The fraction of sp³-hybridized carbons (Fsp3) is 0.261. The normalized spacial score (nSPS) is 18.5. The second-order valence-corrected chi connectivity index (χ2v) is 7.45. The van der Waals surface area contributed by atoms with E-state index in [9.17, 15) is 14.4 Å². The summed E-state index contributed by atoms with van der Waals surface area (Å²) >= 11 is 0. The molecule has 0 saturated heterocycles. The maximum Gasteiger partial charge on any atom is 0.261 e. The van der Waals surface area contributed by atoms with Crippen molar-refractivity contribution in [3.8, 4) is 11.5 Å². The Balaban J connectivity index is 1.40. The molecule has 3 heterocycles. The van der Waals surface area contributed by atoms with Gasteiger partial charge in [0, 0.05) is 30.3 Å². The Morgan fingerprint density at radius 3 is 2.37 bits per heavy atom. The number of nitrogens with zero attached hydrogens (tertiary/aromatic N) is 1. The largest absolute Gasteiger partial charge is 0.490 e. The van der Waals surface area contributed by atoms with Gasteiger partial charge in [-0.3, -0.25) is 19.3 Å². The lowest BCUT2D eigenvalue weighted by atomic mass is 9.96. The summed E-state index contributed by atoms with van der Waals surface area (Å²) in [7, 11) is 0. The van der Waals surface area contributed by atoms with Crippen LogP contribution in [0.3, 0.4) is 0 Å². The number of benzene rings is 2. The molecule has 3 aliphatic rings. The average molecular weight is 404 g/mol. The van der Waals surface area contributed by atoms with Crippen LogP contribution < -0.4 is 14.8 Å². The zero-order valence-corrected chi connectivity index (χ0v) is 16.3. The Hall–Kier alpha value is -3.61. The van der Waals surface area contributed by atoms with Crippen LogP contribution in [0.4, 0.5) is 0 Å². The number of imide groups is 1. The van der Waals surface area contributed by atoms with Gasteiger partial charge in [-0.05, 0) is 36.2 Å². The van der Waals surface area contributed by atoms with E-state index in [2.05, 4.69) is 5.32 Å². The molecule has 7 nitrogen and oxygen atoms in total. The highest BCUT2D eigenvalue weighted by Crippen LogP contribution is 2.36. The number of ether oxygens (including phenoxy) is 2. The number of nitrogens with one attached hydrogen (secondary N) is 1. The lowest BCUT2D eigenvalue weighted by molar-refractivity contribution is -0.114. The molecule has 2 aromatic rings. The molecule has 7 heteroatoms. The lowest BCUT2D eigenvalue weighted by Crippen LogP contribution is -2.34. The van der Waals surface area contributed by atoms with Crippen LogP contribution in [0.1, 0.15) is 38.3 Å². The molecule has 2 amide bonds. The van der Waals surface area contributed by atoms with Crippen molar-refractivity contribution in [1.29, 1.82) is 0 Å². The third-order valence-electron chi connectivity index (χ3n) is 5.47. The van der Waals surface area contributed by atoms with Gasteiger partial charge in [0.2, 0.25) is 0 Å². The monoisotopic (exact) mass is 404 g/mol. The first-order chi connectivity index (χ1) is 14.6. The van der Waals surface area contributed by atoms with Crippen LogP contribution >= 0.6 is 0 Å². The molecule has 0 aliphatic carbocycles. The van der Waals surface area contributed by atoms with E-state index in [-0.39, 0.29) is 12.3 Å². The number of carbonyl (C=O) groups is 3. The summed E-state index contributed by atoms with van der Waals surface area (Å²) in [5.41, 5.74) is 3.28. The summed E-state index contributed by atoms with van der Waals surface area (Å²) < 4.78 is 11.5. The van der Waals surface area contributed by atoms with Crippen LogP contribution in [0.5, 0.6) is 11.5 Å². The first-order valence-electron chi connectivity index (χ1n) is 9.98. The fourth-order valence-electron chi connectivity index (χ4n) is 4.01. The molecule has 0 saturated carbocycles. The number of rotatable bonds is 3. The van der Waals surface area contributed by atoms with Gasteiger partial charge in [0.1, 0.15) is 0 Å². The topological polar surface area (TPSA) is 84.9 Å². The predicted octanol–water partition coefficient (Wildman–Crippen LogP) is 2.20. The standard InChI is InChI=1S/C23H20N2O5/c26-15(13-25-22(27)16-4-1-2-5-17(16)23(25)28)11-19-18-12-21-20(29-8-3-9-30-21)10-14(18)6-7-24-19/h1-2,4-5,10-12,24H,3,6-9,13H2/b19-11-. The van der Waals surface area contributed by atoms with E-state index in [0.717, 1.165) is 34.6 Å². The van der Waals surface area contributed by atoms with Crippen LogP contribution in [0, 0.1) is 0 Å². The molecule has 0 bridgehead atoms. The molecule has 0 radical (unpaired) electrons. The van der Waals surface area contributed by atoms with E-state index in [0.29, 0.717) is 42.3 Å². The molecule has 5 rings (SSSR count). The minimum Gasteiger partial charge on any atom is -0.490 e. The van der Waals surface area contributed by atoms with Gasteiger partial charge in [0.15, 0.2) is 17.3 Å². The van der Waals surface area contributed by atoms with E-state index < -0.39 is 11.8 Å². The number of hydrogen-bond acceptors (Lipinski definition) is 6. The lowest BCUT2D eigenvalue weighted by Gasteiger charge is -2.23. The second kappa shape index (κ2) is 7.33. The summed E-state index contributed by atoms with van der Waals surface area (Å²) in [6.07, 6.45) is 3.08. The highest BCUT2D eigenvalue weighted by Gasteiger charge is 2.36. The third kappa shape index (κ3) is 3.12. The van der Waals surface area contributed by atoms with Gasteiger partial charge in [0.25, 0.3) is 11.8 Å². The van der Waals surface area contributed by atoms with E-state index in [1.165, 1.54) is 6.08 Å². The number of carbonyl (C=O) groups excluding carboxylic acids is 3. The molecule has 0 fully saturated rings. The number of hydrogen-bond donors (Lipinski definition) is 1. The second-order valence-electron chi connectivity index (χ2n) is 7.45. The Morgan fingerprint density at radius 1 is 1.00 bits per heavy atom. The van der Waals surface area contributed by atoms with Gasteiger partial charge in [-0.2, -0.15) is 0 Å². The summed E-state index contributed by atoms with van der Waals surface area (Å²) in [5.74, 6) is 0.191. The van der Waals surface area contributed by atoms with Gasteiger partial charge in [-0.25, -0.2) is 0 Å². The van der Waals surface area contributed by atoms with Gasteiger partial charge in [-0.15, -0.1) is 0 Å². The van der Waals surface area contributed by atoms with Crippen molar-refractivity contribution in [3.05, 3.63) is 64.7 Å². The molecule has 30 heavy (non-hydrogen) atoms.